The third kappa shape index (κ3) is 8.18. The summed E-state index contributed by atoms with van der Waals surface area (Å²) in [5.41, 5.74) is 4.49. The number of nitrogens with one attached hydrogen (secondary N) is 3. The molecule has 9 heteroatoms. The Hall–Kier alpha value is -3.82. The van der Waals surface area contributed by atoms with Crippen LogP contribution in [0.15, 0.2) is 60.8 Å². The predicted molar refractivity (Wildman–Crippen MR) is 172 cm³/mol. The minimum Gasteiger partial charge on any atom is -0.489 e. The summed E-state index contributed by atoms with van der Waals surface area (Å²) in [6, 6.07) is 14.5. The fraction of sp³-hybridized carbons (Fsp3) is 0.471. The van der Waals surface area contributed by atoms with E-state index in [1.165, 1.54) is 10.9 Å². The molecule has 0 aliphatic carbocycles. The Morgan fingerprint density at radius 3 is 2.84 bits per heavy atom. The number of nitrogens with zero attached hydrogens (tertiary/aromatic N) is 3. The highest BCUT2D eigenvalue weighted by Crippen LogP contribution is 2.29. The second kappa shape index (κ2) is 14.6. The van der Waals surface area contributed by atoms with Crippen LogP contribution in [-0.2, 0) is 22.6 Å². The van der Waals surface area contributed by atoms with Gasteiger partial charge in [0.25, 0.3) is 0 Å². The average molecular weight is 587 g/mol. The number of aromatic nitrogens is 1. The maximum absolute atomic E-state index is 13.2. The maximum atomic E-state index is 13.2. The number of hydrogen-bond acceptors (Lipinski definition) is 6. The van der Waals surface area contributed by atoms with E-state index in [1.54, 1.807) is 0 Å². The Bertz CT molecular complexity index is 1420. The molecule has 0 radical (unpaired) electrons. The zero-order valence-corrected chi connectivity index (χ0v) is 25.8. The maximum Gasteiger partial charge on any atom is 0.236 e. The van der Waals surface area contributed by atoms with E-state index in [2.05, 4.69) is 76.9 Å². The lowest BCUT2D eigenvalue weighted by Crippen LogP contribution is -2.47. The number of ether oxygens (including phenoxy) is 1. The molecule has 43 heavy (non-hydrogen) atoms. The second-order valence-corrected chi connectivity index (χ2v) is 12.1. The third-order valence-corrected chi connectivity index (χ3v) is 8.68. The standard InChI is InChI=1S/C34H46N6O3/c1-38(2)16-17-39(3)29-10-11-32-28(19-29)21-35-23-34(42)40-15-13-25(27(24-40)7-6-18-43-32)20-33(41)36-14-12-26-22-37-31-9-5-4-8-30(26)31/h4-11,19,22,25,27,35,37H,12-18,20-21,23-24H2,1-3H3,(H,36,41)/b7-6+/t25-,27-/m0/s1. The molecule has 0 saturated carbocycles. The fourth-order valence-electron chi connectivity index (χ4n) is 6.06. The SMILES string of the molecule is CN(C)CCN(C)c1ccc2c(c1)CNCC(=O)N1CC[C@@H](CC(=O)NCCc3c[nH]c4ccccc34)[C@@H](/C=C/CO2)C1. The van der Waals surface area contributed by atoms with Crippen molar-refractivity contribution in [2.24, 2.45) is 11.8 Å². The average Bonchev–Trinajstić information content (AvgIpc) is 3.42. The highest BCUT2D eigenvalue weighted by atomic mass is 16.5. The molecular weight excluding hydrogens is 540 g/mol. The summed E-state index contributed by atoms with van der Waals surface area (Å²) in [6.07, 6.45) is 8.27. The number of likely N-dealkylation sites (N-methyl/N-ethyl adjacent to an activating group) is 2. The smallest absolute Gasteiger partial charge is 0.236 e. The van der Waals surface area contributed by atoms with Crippen LogP contribution < -0.4 is 20.3 Å². The fourth-order valence-corrected chi connectivity index (χ4v) is 6.06. The first-order chi connectivity index (χ1) is 20.9. The van der Waals surface area contributed by atoms with Gasteiger partial charge in [-0.1, -0.05) is 30.4 Å². The van der Waals surface area contributed by atoms with E-state index in [-0.39, 0.29) is 30.2 Å². The number of para-hydroxylation sites is 1. The second-order valence-electron chi connectivity index (χ2n) is 12.1. The van der Waals surface area contributed by atoms with Crippen LogP contribution in [0.2, 0.25) is 0 Å². The monoisotopic (exact) mass is 586 g/mol. The highest BCUT2D eigenvalue weighted by Gasteiger charge is 2.31. The molecule has 3 aromatic rings. The number of aromatic amines is 1. The number of amides is 2. The van der Waals surface area contributed by atoms with E-state index >= 15 is 0 Å². The highest BCUT2D eigenvalue weighted by molar-refractivity contribution is 5.83. The molecule has 1 saturated heterocycles. The van der Waals surface area contributed by atoms with Gasteiger partial charge in [-0.25, -0.2) is 0 Å². The first-order valence-electron chi connectivity index (χ1n) is 15.5. The number of rotatable bonds is 9. The van der Waals surface area contributed by atoms with Gasteiger partial charge < -0.3 is 35.1 Å². The third-order valence-electron chi connectivity index (χ3n) is 8.68. The first kappa shape index (κ1) is 30.6. The zero-order valence-electron chi connectivity index (χ0n) is 25.8. The van der Waals surface area contributed by atoms with Crippen LogP contribution >= 0.6 is 0 Å². The molecule has 230 valence electrons. The molecule has 2 aromatic carbocycles. The quantitative estimate of drug-likeness (QED) is 0.333. The topological polar surface area (TPSA) is 92.9 Å². The number of hydrogen-bond donors (Lipinski definition) is 3. The van der Waals surface area contributed by atoms with Gasteiger partial charge in [0.1, 0.15) is 12.4 Å². The van der Waals surface area contributed by atoms with E-state index in [0.717, 1.165) is 48.4 Å². The summed E-state index contributed by atoms with van der Waals surface area (Å²) < 4.78 is 6.20. The number of benzene rings is 2. The van der Waals surface area contributed by atoms with E-state index in [1.807, 2.05) is 35.4 Å². The molecule has 3 heterocycles. The van der Waals surface area contributed by atoms with Crippen molar-refractivity contribution in [3.63, 3.8) is 0 Å². The number of anilines is 1. The molecule has 2 amide bonds. The van der Waals surface area contributed by atoms with Gasteiger partial charge in [-0.05, 0) is 68.6 Å². The molecule has 2 atom stereocenters. The van der Waals surface area contributed by atoms with E-state index in [4.69, 9.17) is 4.74 Å². The van der Waals surface area contributed by atoms with Crippen LogP contribution in [0.3, 0.4) is 0 Å². The van der Waals surface area contributed by atoms with E-state index in [9.17, 15) is 9.59 Å². The van der Waals surface area contributed by atoms with Gasteiger partial charge >= 0.3 is 0 Å². The van der Waals surface area contributed by atoms with Crippen LogP contribution in [-0.4, -0.2) is 93.6 Å². The molecule has 1 fully saturated rings. The number of carbonyl (C=O) groups is 2. The lowest BCUT2D eigenvalue weighted by atomic mass is 9.82. The van der Waals surface area contributed by atoms with Gasteiger partial charge in [-0.15, -0.1) is 0 Å². The van der Waals surface area contributed by atoms with Crippen molar-refractivity contribution < 1.29 is 14.3 Å². The van der Waals surface area contributed by atoms with Gasteiger partial charge in [-0.3, -0.25) is 9.59 Å². The van der Waals surface area contributed by atoms with Crippen LogP contribution in [0.4, 0.5) is 5.69 Å². The van der Waals surface area contributed by atoms with Crippen molar-refractivity contribution >= 4 is 28.4 Å². The van der Waals surface area contributed by atoms with Crippen molar-refractivity contribution in [2.45, 2.75) is 25.8 Å². The molecular formula is C34H46N6O3. The number of carbonyl (C=O) groups excluding carboxylic acids is 2. The number of H-pyrrole nitrogens is 1. The molecule has 2 aliphatic rings. The lowest BCUT2D eigenvalue weighted by Gasteiger charge is -2.37. The molecule has 3 N–H and O–H groups in total. The summed E-state index contributed by atoms with van der Waals surface area (Å²) in [5, 5.41) is 7.69. The summed E-state index contributed by atoms with van der Waals surface area (Å²) >= 11 is 0. The summed E-state index contributed by atoms with van der Waals surface area (Å²) in [7, 11) is 6.25. The van der Waals surface area contributed by atoms with Crippen molar-refractivity contribution in [1.29, 1.82) is 0 Å². The Morgan fingerprint density at radius 1 is 1.12 bits per heavy atom. The minimum absolute atomic E-state index is 0.0686. The van der Waals surface area contributed by atoms with Gasteiger partial charge in [-0.2, -0.15) is 0 Å². The van der Waals surface area contributed by atoms with E-state index < -0.39 is 0 Å². The Balaban J connectivity index is 1.19. The van der Waals surface area contributed by atoms with Crippen molar-refractivity contribution in [2.75, 3.05) is 71.9 Å². The lowest BCUT2D eigenvalue weighted by molar-refractivity contribution is -0.132. The van der Waals surface area contributed by atoms with Crippen LogP contribution in [0.1, 0.15) is 24.0 Å². The largest absolute Gasteiger partial charge is 0.489 e. The Morgan fingerprint density at radius 2 is 1.98 bits per heavy atom. The molecule has 9 nitrogen and oxygen atoms in total. The zero-order chi connectivity index (χ0) is 30.2. The van der Waals surface area contributed by atoms with Gasteiger partial charge in [0, 0.05) is 81.1 Å². The van der Waals surface area contributed by atoms with Crippen LogP contribution in [0.25, 0.3) is 10.9 Å². The summed E-state index contributed by atoms with van der Waals surface area (Å²) in [4.78, 5) is 35.8. The van der Waals surface area contributed by atoms with E-state index in [0.29, 0.717) is 39.2 Å². The van der Waals surface area contributed by atoms with Crippen molar-refractivity contribution in [3.05, 3.63) is 71.9 Å². The van der Waals surface area contributed by atoms with Gasteiger partial charge in [0.15, 0.2) is 0 Å². The van der Waals surface area contributed by atoms with Crippen LogP contribution in [0.5, 0.6) is 5.75 Å². The molecule has 0 unspecified atom stereocenters. The van der Waals surface area contributed by atoms with Gasteiger partial charge in [0.05, 0.1) is 6.54 Å². The summed E-state index contributed by atoms with van der Waals surface area (Å²) in [6.45, 7) is 5.05. The minimum atomic E-state index is 0.0686. The van der Waals surface area contributed by atoms with Crippen molar-refractivity contribution in [3.8, 4) is 5.75 Å². The molecule has 0 spiro atoms. The first-order valence-corrected chi connectivity index (χ1v) is 15.5. The molecule has 1 aromatic heterocycles. The molecule has 2 aliphatic heterocycles. The normalized spacial score (nSPS) is 20.0. The predicted octanol–water partition coefficient (Wildman–Crippen LogP) is 3.42. The van der Waals surface area contributed by atoms with Gasteiger partial charge in [0.2, 0.25) is 11.8 Å². The van der Waals surface area contributed by atoms with Crippen LogP contribution in [0, 0.1) is 11.8 Å². The number of fused-ring (bicyclic) bond motifs is 4. The number of piperidine rings is 1. The molecule has 5 rings (SSSR count). The summed E-state index contributed by atoms with van der Waals surface area (Å²) in [5.74, 6) is 1.27. The Labute approximate surface area is 255 Å². The van der Waals surface area contributed by atoms with Crippen molar-refractivity contribution in [1.82, 2.24) is 25.4 Å². The Kier molecular flexibility index (Phi) is 10.4. The molecule has 2 bridgehead atoms.